The average Bonchev–Trinajstić information content (AvgIpc) is 3.80. The molecule has 57 heavy (non-hydrogen) atoms. The molecule has 10 nitrogen and oxygen atoms in total. The zero-order chi connectivity index (χ0) is 38.7. The van der Waals surface area contributed by atoms with Gasteiger partial charge in [-0.15, -0.1) is 0 Å². The van der Waals surface area contributed by atoms with Gasteiger partial charge in [0.1, 0.15) is 20.1 Å². The Labute approximate surface area is 331 Å². The number of nitrogens with zero attached hydrogens (tertiary/aromatic N) is 8. The quantitative estimate of drug-likeness (QED) is 0.0731. The van der Waals surface area contributed by atoms with Crippen molar-refractivity contribution in [3.8, 4) is 23.7 Å². The number of pyridine rings is 4. The van der Waals surface area contributed by atoms with Crippen molar-refractivity contribution in [1.29, 1.82) is 0 Å². The Morgan fingerprint density at radius 1 is 0.509 bits per heavy atom. The Hall–Kier alpha value is -7.30. The lowest BCUT2D eigenvalue weighted by Crippen LogP contribution is -2.32. The van der Waals surface area contributed by atoms with Crippen LogP contribution in [0.1, 0.15) is 47.9 Å². The highest BCUT2D eigenvalue weighted by atomic mass is 16.4. The molecule has 0 spiro atoms. The second-order valence-electron chi connectivity index (χ2n) is 13.8. The summed E-state index contributed by atoms with van der Waals surface area (Å²) in [6.07, 6.45) is 19.7. The summed E-state index contributed by atoms with van der Waals surface area (Å²) >= 11 is 0. The summed E-state index contributed by atoms with van der Waals surface area (Å²) in [5.74, 6) is 12.9. The molecule has 10 heteroatoms. The van der Waals surface area contributed by atoms with E-state index in [0.717, 1.165) is 96.3 Å². The van der Waals surface area contributed by atoms with E-state index < -0.39 is 0 Å². The highest BCUT2D eigenvalue weighted by Crippen LogP contribution is 2.14. The third-order valence-electron chi connectivity index (χ3n) is 9.64. The predicted molar refractivity (Wildman–Crippen MR) is 215 cm³/mol. The Morgan fingerprint density at radius 3 is 1.37 bits per heavy atom. The Bertz CT molecular complexity index is 2860. The van der Waals surface area contributed by atoms with Gasteiger partial charge >= 0.3 is 11.4 Å². The number of fused-ring (bicyclic) bond motifs is 2. The van der Waals surface area contributed by atoms with Gasteiger partial charge in [-0.25, -0.2) is 13.7 Å². The average molecular weight is 752 g/mol. The molecule has 0 atom stereocenters. The van der Waals surface area contributed by atoms with Crippen LogP contribution in [0.5, 0.6) is 0 Å². The molecule has 0 amide bonds. The summed E-state index contributed by atoms with van der Waals surface area (Å²) in [6.45, 7) is 3.25. The van der Waals surface area contributed by atoms with Crippen LogP contribution >= 0.6 is 0 Å². The van der Waals surface area contributed by atoms with Gasteiger partial charge in [0.2, 0.25) is 0 Å². The van der Waals surface area contributed by atoms with E-state index in [4.69, 9.17) is 8.83 Å². The number of rotatable bonds is 11. The van der Waals surface area contributed by atoms with Crippen molar-refractivity contribution < 1.29 is 22.5 Å². The van der Waals surface area contributed by atoms with E-state index in [2.05, 4.69) is 118 Å². The number of unbranched alkanes of at least 4 members (excludes halogenated alkanes) is 2. The molecule has 0 N–H and O–H groups in total. The van der Waals surface area contributed by atoms with Crippen LogP contribution in [0.3, 0.4) is 0 Å². The van der Waals surface area contributed by atoms with Crippen molar-refractivity contribution in [3.63, 3.8) is 0 Å². The second kappa shape index (κ2) is 17.9. The smallest absolute Gasteiger partial charge is 0.321 e. The fourth-order valence-electron chi connectivity index (χ4n) is 6.53. The minimum Gasteiger partial charge on any atom is -0.422 e. The summed E-state index contributed by atoms with van der Waals surface area (Å²) in [5, 5.41) is 9.29. The molecule has 8 rings (SSSR count). The van der Waals surface area contributed by atoms with Gasteiger partial charge < -0.3 is 8.83 Å². The standard InChI is InChI=1S/C47H43N8O2/c1-51-32-20-39(21-33-51)16-17-41-24-36-53(37-25-41)29-7-9-31-55-43-11-3-5-13-45(43)57-47(55)50-49-46-54(42-10-2-4-12-44(42)56-46)30-8-6-28-52-34-22-40(23-35-52)15-14-38-18-26-48-27-19-38/h2-5,10-13,18-27,32-37H,6-9,28-31H2,1H3/q+3. The monoisotopic (exact) mass is 751 g/mol. The maximum atomic E-state index is 6.24. The largest absolute Gasteiger partial charge is 0.422 e. The summed E-state index contributed by atoms with van der Waals surface area (Å²) in [7, 11) is 2.00. The molecular formula is C47H43N8O2+3. The Balaban J connectivity index is 0.924. The predicted octanol–water partition coefficient (Wildman–Crippen LogP) is 5.75. The van der Waals surface area contributed by atoms with Gasteiger partial charge in [-0.3, -0.25) is 14.1 Å². The Kier molecular flexibility index (Phi) is 11.5. The fourth-order valence-corrected chi connectivity index (χ4v) is 6.53. The zero-order valence-corrected chi connectivity index (χ0v) is 31.9. The second-order valence-corrected chi connectivity index (χ2v) is 13.8. The molecule has 0 fully saturated rings. The zero-order valence-electron chi connectivity index (χ0n) is 31.9. The topological polar surface area (TPSA) is 85.4 Å². The summed E-state index contributed by atoms with van der Waals surface area (Å²) in [6, 6.07) is 32.1. The number of oxazole rings is 2. The van der Waals surface area contributed by atoms with Gasteiger partial charge in [0.05, 0.1) is 11.0 Å². The van der Waals surface area contributed by atoms with Crippen molar-refractivity contribution in [2.75, 3.05) is 0 Å². The lowest BCUT2D eigenvalue weighted by molar-refractivity contribution is -0.697. The van der Waals surface area contributed by atoms with E-state index in [0.29, 0.717) is 11.4 Å². The summed E-state index contributed by atoms with van der Waals surface area (Å²) in [4.78, 5) is 4.05. The minimum absolute atomic E-state index is 0.440. The number of benzene rings is 2. The number of aromatic nitrogens is 6. The number of hydrogen-bond donors (Lipinski definition) is 0. The summed E-state index contributed by atoms with van der Waals surface area (Å²) < 4.78 is 23.1. The molecular weight excluding hydrogens is 709 g/mol. The SMILES string of the molecule is C[n+]1ccc(C#Cc2cc[n+](CCCCn3c(=NN=c4oc5ccccc5n4CCCC[n+]4ccc(C#Cc5ccncc5)cc4)oc4ccccc43)cc2)cc1. The van der Waals surface area contributed by atoms with Crippen molar-refractivity contribution in [2.45, 2.75) is 51.9 Å². The number of aryl methyl sites for hydroxylation is 5. The lowest BCUT2D eigenvalue weighted by Gasteiger charge is -2.03. The first-order valence-corrected chi connectivity index (χ1v) is 19.3. The van der Waals surface area contributed by atoms with Crippen molar-refractivity contribution >= 4 is 22.2 Å². The van der Waals surface area contributed by atoms with Gasteiger partial charge in [-0.05, 0) is 49.2 Å². The highest BCUT2D eigenvalue weighted by molar-refractivity contribution is 5.73. The normalized spacial score (nSPS) is 11.7. The van der Waals surface area contributed by atoms with Crippen LogP contribution < -0.4 is 25.1 Å². The molecule has 0 bridgehead atoms. The molecule has 8 aromatic rings. The molecule has 0 aliphatic carbocycles. The molecule has 0 aliphatic heterocycles. The maximum absolute atomic E-state index is 6.24. The van der Waals surface area contributed by atoms with Crippen LogP contribution in [0.4, 0.5) is 0 Å². The molecule has 6 aromatic heterocycles. The maximum Gasteiger partial charge on any atom is 0.321 e. The van der Waals surface area contributed by atoms with Crippen LogP contribution in [0.25, 0.3) is 22.2 Å². The number of para-hydroxylation sites is 4. The molecule has 2 aromatic carbocycles. The summed E-state index contributed by atoms with van der Waals surface area (Å²) in [5.41, 5.74) is 8.30. The molecule has 0 unspecified atom stereocenters. The van der Waals surface area contributed by atoms with Crippen LogP contribution in [0.15, 0.2) is 166 Å². The van der Waals surface area contributed by atoms with E-state index in [9.17, 15) is 0 Å². The van der Waals surface area contributed by atoms with E-state index in [1.807, 2.05) is 84.7 Å². The fraction of sp³-hybridized carbons (Fsp3) is 0.191. The van der Waals surface area contributed by atoms with E-state index >= 15 is 0 Å². The van der Waals surface area contributed by atoms with Gasteiger partial charge in [-0.2, -0.15) is 0 Å². The van der Waals surface area contributed by atoms with Crippen LogP contribution in [0, 0.1) is 23.7 Å². The van der Waals surface area contributed by atoms with Crippen LogP contribution in [0.2, 0.25) is 0 Å². The van der Waals surface area contributed by atoms with E-state index in [-0.39, 0.29) is 0 Å². The van der Waals surface area contributed by atoms with Crippen LogP contribution in [-0.4, -0.2) is 14.1 Å². The van der Waals surface area contributed by atoms with Crippen molar-refractivity contribution in [2.24, 2.45) is 17.3 Å². The van der Waals surface area contributed by atoms with Gasteiger partial charge in [-0.1, -0.05) is 58.2 Å². The minimum atomic E-state index is 0.440. The first-order valence-electron chi connectivity index (χ1n) is 19.3. The Morgan fingerprint density at radius 2 is 0.912 bits per heavy atom. The molecule has 0 saturated heterocycles. The lowest BCUT2D eigenvalue weighted by atomic mass is 10.2. The van der Waals surface area contributed by atoms with E-state index in [1.165, 1.54) is 0 Å². The molecule has 0 aliphatic rings. The molecule has 0 radical (unpaired) electrons. The third-order valence-corrected chi connectivity index (χ3v) is 9.64. The molecule has 280 valence electrons. The van der Waals surface area contributed by atoms with Crippen LogP contribution in [-0.2, 0) is 33.2 Å². The van der Waals surface area contributed by atoms with Crippen molar-refractivity contribution in [1.82, 2.24) is 14.1 Å². The third kappa shape index (κ3) is 9.51. The number of hydrogen-bond acceptors (Lipinski definition) is 5. The van der Waals surface area contributed by atoms with Gasteiger partial charge in [0, 0.05) is 97.0 Å². The van der Waals surface area contributed by atoms with Gasteiger partial charge in [0.15, 0.2) is 48.3 Å². The van der Waals surface area contributed by atoms with E-state index in [1.54, 1.807) is 12.4 Å². The first-order chi connectivity index (χ1) is 28.1. The molecule has 0 saturated carbocycles. The van der Waals surface area contributed by atoms with Gasteiger partial charge in [0.25, 0.3) is 0 Å². The molecule has 6 heterocycles. The van der Waals surface area contributed by atoms with Crippen molar-refractivity contribution in [3.05, 3.63) is 180 Å². The highest BCUT2D eigenvalue weighted by Gasteiger charge is 2.11. The first kappa shape index (κ1) is 36.7.